The molecule has 1 amide bonds. The summed E-state index contributed by atoms with van der Waals surface area (Å²) in [6.07, 6.45) is 1.80. The number of carbonyl (C=O) groups excluding carboxylic acids is 1. The summed E-state index contributed by atoms with van der Waals surface area (Å²) in [6.45, 7) is 3.83. The van der Waals surface area contributed by atoms with Gasteiger partial charge in [-0.3, -0.25) is 9.20 Å². The third-order valence-corrected chi connectivity index (χ3v) is 3.84. The van der Waals surface area contributed by atoms with Crippen LogP contribution in [0.2, 0.25) is 0 Å². The average Bonchev–Trinajstić information content (AvgIpc) is 2.98. The summed E-state index contributed by atoms with van der Waals surface area (Å²) in [5.74, 6) is -0.406. The Kier molecular flexibility index (Phi) is 3.47. The second kappa shape index (κ2) is 5.29. The zero-order valence-electron chi connectivity index (χ0n) is 11.6. The molecule has 2 heterocycles. The lowest BCUT2D eigenvalue weighted by atomic mass is 10.2. The number of thiazole rings is 1. The molecule has 0 spiro atoms. The van der Waals surface area contributed by atoms with E-state index in [2.05, 4.69) is 10.3 Å². The van der Waals surface area contributed by atoms with Crippen LogP contribution in [0.3, 0.4) is 0 Å². The van der Waals surface area contributed by atoms with E-state index in [-0.39, 0.29) is 17.8 Å². The minimum Gasteiger partial charge on any atom is -0.349 e. The predicted molar refractivity (Wildman–Crippen MR) is 81.1 cm³/mol. The lowest BCUT2D eigenvalue weighted by molar-refractivity contribution is 0.0937. The number of halogens is 1. The molecule has 0 saturated carbocycles. The van der Waals surface area contributed by atoms with Crippen molar-refractivity contribution >= 4 is 22.2 Å². The molecule has 21 heavy (non-hydrogen) atoms. The van der Waals surface area contributed by atoms with Crippen molar-refractivity contribution in [3.05, 3.63) is 47.4 Å². The molecule has 0 bridgehead atoms. The molecular formula is C15H14FN3OS. The maximum Gasteiger partial charge on any atom is 0.269 e. The molecule has 0 saturated heterocycles. The van der Waals surface area contributed by atoms with Crippen molar-refractivity contribution in [2.45, 2.75) is 19.9 Å². The van der Waals surface area contributed by atoms with Crippen LogP contribution in [-0.2, 0) is 0 Å². The first-order valence-corrected chi connectivity index (χ1v) is 7.46. The van der Waals surface area contributed by atoms with Crippen molar-refractivity contribution in [3.8, 4) is 11.3 Å². The molecule has 0 fully saturated rings. The van der Waals surface area contributed by atoms with Crippen LogP contribution in [0.15, 0.2) is 35.8 Å². The third kappa shape index (κ3) is 2.67. The third-order valence-electron chi connectivity index (χ3n) is 3.00. The number of hydrogen-bond donors (Lipinski definition) is 1. The molecular weight excluding hydrogens is 289 g/mol. The molecule has 1 N–H and O–H groups in total. The van der Waals surface area contributed by atoms with Crippen LogP contribution in [0.25, 0.3) is 16.2 Å². The molecule has 0 aliphatic rings. The van der Waals surface area contributed by atoms with Crippen LogP contribution in [0.5, 0.6) is 0 Å². The van der Waals surface area contributed by atoms with Gasteiger partial charge >= 0.3 is 0 Å². The minimum atomic E-state index is -0.281. The zero-order valence-corrected chi connectivity index (χ0v) is 12.4. The summed E-state index contributed by atoms with van der Waals surface area (Å²) >= 11 is 1.40. The van der Waals surface area contributed by atoms with E-state index in [9.17, 15) is 9.18 Å². The standard InChI is InChI=1S/C15H14FN3OS/c1-9(2)17-14(20)13-8-21-15-18-12(7-19(13)15)10-3-5-11(16)6-4-10/h3-9H,1-2H3,(H,17,20). The van der Waals surface area contributed by atoms with E-state index in [0.29, 0.717) is 5.69 Å². The number of hydrogen-bond acceptors (Lipinski definition) is 3. The van der Waals surface area contributed by atoms with E-state index in [1.54, 1.807) is 28.1 Å². The predicted octanol–water partition coefficient (Wildman–Crippen LogP) is 3.34. The van der Waals surface area contributed by atoms with Gasteiger partial charge in [-0.15, -0.1) is 11.3 Å². The Hall–Kier alpha value is -2.21. The summed E-state index contributed by atoms with van der Waals surface area (Å²) in [6, 6.07) is 6.22. The Morgan fingerprint density at radius 3 is 2.71 bits per heavy atom. The van der Waals surface area contributed by atoms with Crippen molar-refractivity contribution < 1.29 is 9.18 Å². The SMILES string of the molecule is CC(C)NC(=O)c1csc2nc(-c3ccc(F)cc3)cn12. The Morgan fingerprint density at radius 2 is 2.05 bits per heavy atom. The summed E-state index contributed by atoms with van der Waals surface area (Å²) in [7, 11) is 0. The fraction of sp³-hybridized carbons (Fsp3) is 0.200. The first kappa shape index (κ1) is 13.8. The first-order chi connectivity index (χ1) is 10.0. The maximum atomic E-state index is 13.0. The highest BCUT2D eigenvalue weighted by atomic mass is 32.1. The maximum absolute atomic E-state index is 13.0. The van der Waals surface area contributed by atoms with Gasteiger partial charge in [0.2, 0.25) is 0 Å². The molecule has 4 nitrogen and oxygen atoms in total. The second-order valence-electron chi connectivity index (χ2n) is 5.03. The van der Waals surface area contributed by atoms with Crippen LogP contribution in [0.1, 0.15) is 24.3 Å². The molecule has 0 aliphatic carbocycles. The number of rotatable bonds is 3. The Morgan fingerprint density at radius 1 is 1.33 bits per heavy atom. The van der Waals surface area contributed by atoms with E-state index >= 15 is 0 Å². The molecule has 0 aliphatic heterocycles. The lowest BCUT2D eigenvalue weighted by Gasteiger charge is -2.06. The van der Waals surface area contributed by atoms with Crippen LogP contribution in [0, 0.1) is 5.82 Å². The average molecular weight is 303 g/mol. The highest BCUT2D eigenvalue weighted by Crippen LogP contribution is 2.23. The van der Waals surface area contributed by atoms with E-state index in [1.165, 1.54) is 23.5 Å². The molecule has 0 radical (unpaired) electrons. The summed E-state index contributed by atoms with van der Waals surface area (Å²) in [5.41, 5.74) is 2.10. The number of imidazole rings is 1. The molecule has 3 rings (SSSR count). The number of fused-ring (bicyclic) bond motifs is 1. The van der Waals surface area contributed by atoms with Gasteiger partial charge < -0.3 is 5.32 Å². The summed E-state index contributed by atoms with van der Waals surface area (Å²) in [4.78, 5) is 17.3. The summed E-state index contributed by atoms with van der Waals surface area (Å²) < 4.78 is 14.7. The van der Waals surface area contributed by atoms with Gasteiger partial charge in [-0.25, -0.2) is 9.37 Å². The molecule has 2 aromatic heterocycles. The van der Waals surface area contributed by atoms with Crippen molar-refractivity contribution in [2.24, 2.45) is 0 Å². The largest absolute Gasteiger partial charge is 0.349 e. The molecule has 3 aromatic rings. The van der Waals surface area contributed by atoms with Gasteiger partial charge in [0.25, 0.3) is 5.91 Å². The van der Waals surface area contributed by atoms with Crippen molar-refractivity contribution in [1.29, 1.82) is 0 Å². The van der Waals surface area contributed by atoms with Crippen molar-refractivity contribution in [2.75, 3.05) is 0 Å². The summed E-state index contributed by atoms with van der Waals surface area (Å²) in [5, 5.41) is 4.65. The van der Waals surface area contributed by atoms with Gasteiger partial charge in [-0.05, 0) is 38.1 Å². The number of carbonyl (C=O) groups is 1. The van der Waals surface area contributed by atoms with Crippen molar-refractivity contribution in [3.63, 3.8) is 0 Å². The normalized spacial score (nSPS) is 11.2. The Bertz CT molecular complexity index is 789. The van der Waals surface area contributed by atoms with Gasteiger partial charge in [0.1, 0.15) is 11.5 Å². The number of nitrogens with one attached hydrogen (secondary N) is 1. The minimum absolute atomic E-state index is 0.0764. The van der Waals surface area contributed by atoms with E-state index in [4.69, 9.17) is 0 Å². The van der Waals surface area contributed by atoms with E-state index < -0.39 is 0 Å². The van der Waals surface area contributed by atoms with Gasteiger partial charge in [0, 0.05) is 23.2 Å². The van der Waals surface area contributed by atoms with Gasteiger partial charge in [-0.1, -0.05) is 0 Å². The molecule has 6 heteroatoms. The number of aromatic nitrogens is 2. The Labute approximate surface area is 125 Å². The van der Waals surface area contributed by atoms with Crippen LogP contribution in [0.4, 0.5) is 4.39 Å². The fourth-order valence-corrected chi connectivity index (χ4v) is 2.90. The second-order valence-corrected chi connectivity index (χ2v) is 5.87. The topological polar surface area (TPSA) is 46.4 Å². The van der Waals surface area contributed by atoms with E-state index in [0.717, 1.165) is 16.2 Å². The monoisotopic (exact) mass is 303 g/mol. The van der Waals surface area contributed by atoms with Gasteiger partial charge in [-0.2, -0.15) is 0 Å². The smallest absolute Gasteiger partial charge is 0.269 e. The fourth-order valence-electron chi connectivity index (χ4n) is 2.04. The highest BCUT2D eigenvalue weighted by molar-refractivity contribution is 7.15. The molecule has 0 unspecified atom stereocenters. The number of amides is 1. The quantitative estimate of drug-likeness (QED) is 0.806. The van der Waals surface area contributed by atoms with Crippen LogP contribution >= 0.6 is 11.3 Å². The number of benzene rings is 1. The van der Waals surface area contributed by atoms with Gasteiger partial charge in [0.15, 0.2) is 4.96 Å². The van der Waals surface area contributed by atoms with E-state index in [1.807, 2.05) is 13.8 Å². The number of nitrogens with zero attached hydrogens (tertiary/aromatic N) is 2. The first-order valence-electron chi connectivity index (χ1n) is 6.58. The molecule has 0 atom stereocenters. The Balaban J connectivity index is 1.99. The van der Waals surface area contributed by atoms with Gasteiger partial charge in [0.05, 0.1) is 5.69 Å². The molecule has 108 valence electrons. The van der Waals surface area contributed by atoms with Crippen LogP contribution in [-0.4, -0.2) is 21.3 Å². The lowest BCUT2D eigenvalue weighted by Crippen LogP contribution is -2.30. The highest BCUT2D eigenvalue weighted by Gasteiger charge is 2.15. The van der Waals surface area contributed by atoms with Crippen molar-refractivity contribution in [1.82, 2.24) is 14.7 Å². The zero-order chi connectivity index (χ0) is 15.0. The molecule has 1 aromatic carbocycles. The van der Waals surface area contributed by atoms with Crippen LogP contribution < -0.4 is 5.32 Å².